The molecule has 1 aromatic carbocycles. The van der Waals surface area contributed by atoms with E-state index in [9.17, 15) is 9.59 Å². The van der Waals surface area contributed by atoms with Gasteiger partial charge in [-0.15, -0.1) is 0 Å². The molecule has 0 aliphatic rings. The van der Waals surface area contributed by atoms with Crippen LogP contribution in [0, 0.1) is 6.92 Å². The highest BCUT2D eigenvalue weighted by Gasteiger charge is 2.04. The standard InChI is InChI=1S/C15H19NO3/c1-3-6-15(18)19-11-14(17)16-10-9-13-8-5-4-7-12(13)2/h3-8H,9-11H2,1-2H3,(H,16,17)/b6-3+. The predicted molar refractivity (Wildman–Crippen MR) is 73.7 cm³/mol. The molecule has 1 rings (SSSR count). The molecule has 0 bridgehead atoms. The van der Waals surface area contributed by atoms with Crippen molar-refractivity contribution < 1.29 is 14.3 Å². The number of ether oxygens (including phenoxy) is 1. The van der Waals surface area contributed by atoms with Crippen molar-refractivity contribution in [2.75, 3.05) is 13.2 Å². The molecule has 0 unspecified atom stereocenters. The van der Waals surface area contributed by atoms with Gasteiger partial charge in [-0.05, 0) is 31.4 Å². The number of hydrogen-bond donors (Lipinski definition) is 1. The lowest BCUT2D eigenvalue weighted by atomic mass is 10.1. The lowest BCUT2D eigenvalue weighted by Crippen LogP contribution is -2.30. The molecule has 0 saturated carbocycles. The largest absolute Gasteiger partial charge is 0.452 e. The molecule has 0 aliphatic heterocycles. The molecule has 0 atom stereocenters. The summed E-state index contributed by atoms with van der Waals surface area (Å²) in [6.45, 7) is 4.04. The zero-order valence-corrected chi connectivity index (χ0v) is 11.3. The third-order valence-corrected chi connectivity index (χ3v) is 2.63. The van der Waals surface area contributed by atoms with E-state index in [0.717, 1.165) is 6.42 Å². The van der Waals surface area contributed by atoms with Crippen LogP contribution in [-0.4, -0.2) is 25.0 Å². The second kappa shape index (κ2) is 8.08. The first-order valence-electron chi connectivity index (χ1n) is 6.24. The van der Waals surface area contributed by atoms with Gasteiger partial charge in [-0.3, -0.25) is 4.79 Å². The third kappa shape index (κ3) is 5.86. The molecule has 0 fully saturated rings. The Hall–Kier alpha value is -2.10. The summed E-state index contributed by atoms with van der Waals surface area (Å²) >= 11 is 0. The first-order chi connectivity index (χ1) is 9.13. The molecule has 1 aromatic rings. The Morgan fingerprint density at radius 3 is 2.74 bits per heavy atom. The minimum absolute atomic E-state index is 0.239. The Labute approximate surface area is 113 Å². The summed E-state index contributed by atoms with van der Waals surface area (Å²) in [5.41, 5.74) is 2.41. The summed E-state index contributed by atoms with van der Waals surface area (Å²) in [6, 6.07) is 8.03. The number of rotatable bonds is 6. The molecule has 4 nitrogen and oxygen atoms in total. The summed E-state index contributed by atoms with van der Waals surface area (Å²) in [5.74, 6) is -0.789. The quantitative estimate of drug-likeness (QED) is 0.627. The lowest BCUT2D eigenvalue weighted by molar-refractivity contribution is -0.143. The predicted octanol–water partition coefficient (Wildman–Crippen LogP) is 1.77. The number of hydrogen-bond acceptors (Lipinski definition) is 3. The number of benzene rings is 1. The van der Waals surface area contributed by atoms with Gasteiger partial charge in [0.1, 0.15) is 0 Å². The molecule has 0 aliphatic carbocycles. The molecule has 4 heteroatoms. The highest BCUT2D eigenvalue weighted by molar-refractivity contribution is 5.85. The van der Waals surface area contributed by atoms with Crippen LogP contribution < -0.4 is 5.32 Å². The van der Waals surface area contributed by atoms with Gasteiger partial charge in [-0.1, -0.05) is 30.3 Å². The number of carbonyl (C=O) groups is 2. The summed E-state index contributed by atoms with van der Waals surface area (Å²) in [7, 11) is 0. The molecule has 0 radical (unpaired) electrons. The lowest BCUT2D eigenvalue weighted by Gasteiger charge is -2.07. The number of amides is 1. The first kappa shape index (κ1) is 15.0. The van der Waals surface area contributed by atoms with Crippen LogP contribution in [0.3, 0.4) is 0 Å². The molecule has 0 saturated heterocycles. The van der Waals surface area contributed by atoms with Crippen molar-refractivity contribution in [1.29, 1.82) is 0 Å². The van der Waals surface area contributed by atoms with E-state index >= 15 is 0 Å². The molecule has 102 valence electrons. The van der Waals surface area contributed by atoms with Gasteiger partial charge in [0.2, 0.25) is 0 Å². The van der Waals surface area contributed by atoms with Gasteiger partial charge < -0.3 is 10.1 Å². The fraction of sp³-hybridized carbons (Fsp3) is 0.333. The monoisotopic (exact) mass is 261 g/mol. The second-order valence-corrected chi connectivity index (χ2v) is 4.13. The van der Waals surface area contributed by atoms with Gasteiger partial charge in [0.15, 0.2) is 6.61 Å². The minimum Gasteiger partial charge on any atom is -0.452 e. The van der Waals surface area contributed by atoms with Crippen LogP contribution >= 0.6 is 0 Å². The van der Waals surface area contributed by atoms with Crippen molar-refractivity contribution in [2.24, 2.45) is 0 Å². The van der Waals surface area contributed by atoms with Crippen LogP contribution in [0.1, 0.15) is 18.1 Å². The number of nitrogens with one attached hydrogen (secondary N) is 1. The Morgan fingerprint density at radius 2 is 2.05 bits per heavy atom. The van der Waals surface area contributed by atoms with Crippen LogP contribution in [0.2, 0.25) is 0 Å². The Balaban J connectivity index is 2.24. The van der Waals surface area contributed by atoms with Gasteiger partial charge in [-0.25, -0.2) is 4.79 Å². The number of allylic oxidation sites excluding steroid dienone is 1. The zero-order valence-electron chi connectivity index (χ0n) is 11.3. The molecule has 0 aromatic heterocycles. The van der Waals surface area contributed by atoms with Crippen LogP contribution in [-0.2, 0) is 20.7 Å². The average molecular weight is 261 g/mol. The van der Waals surface area contributed by atoms with Crippen molar-refractivity contribution in [2.45, 2.75) is 20.3 Å². The van der Waals surface area contributed by atoms with Crippen molar-refractivity contribution in [3.8, 4) is 0 Å². The van der Waals surface area contributed by atoms with E-state index in [2.05, 4.69) is 5.32 Å². The van der Waals surface area contributed by atoms with Crippen LogP contribution in [0.5, 0.6) is 0 Å². The van der Waals surface area contributed by atoms with E-state index in [1.807, 2.05) is 31.2 Å². The molecular weight excluding hydrogens is 242 g/mol. The number of carbonyl (C=O) groups excluding carboxylic acids is 2. The molecular formula is C15H19NO3. The first-order valence-corrected chi connectivity index (χ1v) is 6.24. The maximum Gasteiger partial charge on any atom is 0.330 e. The summed E-state index contributed by atoms with van der Waals surface area (Å²) in [4.78, 5) is 22.4. The Kier molecular flexibility index (Phi) is 6.36. The van der Waals surface area contributed by atoms with Crippen molar-refractivity contribution in [3.05, 3.63) is 47.5 Å². The van der Waals surface area contributed by atoms with E-state index in [1.54, 1.807) is 13.0 Å². The number of aryl methyl sites for hydroxylation is 1. The van der Waals surface area contributed by atoms with Crippen LogP contribution in [0.25, 0.3) is 0 Å². The van der Waals surface area contributed by atoms with Gasteiger partial charge in [0.25, 0.3) is 5.91 Å². The smallest absolute Gasteiger partial charge is 0.330 e. The van der Waals surface area contributed by atoms with Gasteiger partial charge in [0.05, 0.1) is 0 Å². The van der Waals surface area contributed by atoms with E-state index in [-0.39, 0.29) is 12.5 Å². The zero-order chi connectivity index (χ0) is 14.1. The SMILES string of the molecule is C/C=C/C(=O)OCC(=O)NCCc1ccccc1C. The van der Waals surface area contributed by atoms with Crippen molar-refractivity contribution in [3.63, 3.8) is 0 Å². The molecule has 0 heterocycles. The van der Waals surface area contributed by atoms with Crippen molar-refractivity contribution in [1.82, 2.24) is 5.32 Å². The van der Waals surface area contributed by atoms with Crippen LogP contribution in [0.4, 0.5) is 0 Å². The molecule has 19 heavy (non-hydrogen) atoms. The topological polar surface area (TPSA) is 55.4 Å². The van der Waals surface area contributed by atoms with Gasteiger partial charge in [-0.2, -0.15) is 0 Å². The summed E-state index contributed by atoms with van der Waals surface area (Å²) in [6.07, 6.45) is 3.61. The van der Waals surface area contributed by atoms with Gasteiger partial charge in [0, 0.05) is 12.6 Å². The highest BCUT2D eigenvalue weighted by atomic mass is 16.5. The van der Waals surface area contributed by atoms with E-state index in [0.29, 0.717) is 6.54 Å². The maximum absolute atomic E-state index is 11.4. The molecule has 1 N–H and O–H groups in total. The van der Waals surface area contributed by atoms with E-state index in [4.69, 9.17) is 4.74 Å². The van der Waals surface area contributed by atoms with Gasteiger partial charge >= 0.3 is 5.97 Å². The Bertz CT molecular complexity index is 466. The second-order valence-electron chi connectivity index (χ2n) is 4.13. The fourth-order valence-corrected chi connectivity index (χ4v) is 1.60. The molecule has 0 spiro atoms. The minimum atomic E-state index is -0.503. The van der Waals surface area contributed by atoms with E-state index in [1.165, 1.54) is 17.2 Å². The third-order valence-electron chi connectivity index (χ3n) is 2.63. The normalized spacial score (nSPS) is 10.4. The van der Waals surface area contributed by atoms with E-state index < -0.39 is 5.97 Å². The average Bonchev–Trinajstić information content (AvgIpc) is 2.39. The molecule has 1 amide bonds. The van der Waals surface area contributed by atoms with Crippen LogP contribution in [0.15, 0.2) is 36.4 Å². The fourth-order valence-electron chi connectivity index (χ4n) is 1.60. The summed E-state index contributed by atoms with van der Waals surface area (Å²) < 4.78 is 4.73. The van der Waals surface area contributed by atoms with Crippen molar-refractivity contribution >= 4 is 11.9 Å². The summed E-state index contributed by atoms with van der Waals surface area (Å²) in [5, 5.41) is 2.72. The highest BCUT2D eigenvalue weighted by Crippen LogP contribution is 2.06. The number of esters is 1. The maximum atomic E-state index is 11.4. The Morgan fingerprint density at radius 1 is 1.32 bits per heavy atom.